The molecule has 0 spiro atoms. The third-order valence-electron chi connectivity index (χ3n) is 1.94. The van der Waals surface area contributed by atoms with Crippen molar-refractivity contribution >= 4 is 0 Å². The van der Waals surface area contributed by atoms with Crippen molar-refractivity contribution in [3.8, 4) is 0 Å². The van der Waals surface area contributed by atoms with E-state index < -0.39 is 0 Å². The summed E-state index contributed by atoms with van der Waals surface area (Å²) in [6.07, 6.45) is 2.43. The Labute approximate surface area is 71.2 Å². The molecular weight excluding hydrogens is 152 g/mol. The van der Waals surface area contributed by atoms with E-state index in [1.54, 1.807) is 0 Å². The summed E-state index contributed by atoms with van der Waals surface area (Å²) >= 11 is 0. The number of hydrogen-bond acceptors (Lipinski definition) is 4. The summed E-state index contributed by atoms with van der Waals surface area (Å²) in [6, 6.07) is 0. The summed E-state index contributed by atoms with van der Waals surface area (Å²) < 4.78 is 0. The van der Waals surface area contributed by atoms with Gasteiger partial charge in [-0.2, -0.15) is 0 Å². The molecule has 0 aromatic carbocycles. The van der Waals surface area contributed by atoms with Crippen molar-refractivity contribution in [3.05, 3.63) is 17.5 Å². The smallest absolute Gasteiger partial charge is 0.146 e. The van der Waals surface area contributed by atoms with Gasteiger partial charge in [0.05, 0.1) is 6.54 Å². The number of aryl methyl sites for hydroxylation is 1. The van der Waals surface area contributed by atoms with Gasteiger partial charge in [-0.1, -0.05) is 0 Å². The third kappa shape index (κ3) is 1.43. The molecule has 64 valence electrons. The van der Waals surface area contributed by atoms with Crippen LogP contribution in [0.2, 0.25) is 0 Å². The Hall–Kier alpha value is -1.03. The number of nitrogens with two attached hydrogens (primary N) is 1. The molecule has 0 amide bonds. The predicted octanol–water partition coefficient (Wildman–Crippen LogP) is 0.516. The maximum atomic E-state index is 5.46. The van der Waals surface area contributed by atoms with Crippen LogP contribution in [0.4, 0.5) is 0 Å². The van der Waals surface area contributed by atoms with Crippen molar-refractivity contribution in [1.29, 1.82) is 0 Å². The van der Waals surface area contributed by atoms with Crippen LogP contribution in [-0.2, 0) is 6.54 Å². The second-order valence-electron chi connectivity index (χ2n) is 3.14. The molecule has 4 nitrogen and oxygen atoms in total. The van der Waals surface area contributed by atoms with E-state index in [0.29, 0.717) is 18.3 Å². The molecule has 1 aliphatic carbocycles. The van der Waals surface area contributed by atoms with Gasteiger partial charge >= 0.3 is 0 Å². The van der Waals surface area contributed by atoms with E-state index in [1.165, 1.54) is 12.8 Å². The van der Waals surface area contributed by atoms with Crippen molar-refractivity contribution in [2.75, 3.05) is 0 Å². The van der Waals surface area contributed by atoms with Crippen molar-refractivity contribution in [1.82, 2.24) is 15.0 Å². The highest BCUT2D eigenvalue weighted by molar-refractivity contribution is 5.07. The van der Waals surface area contributed by atoms with Crippen LogP contribution in [0, 0.1) is 6.92 Å². The van der Waals surface area contributed by atoms with Gasteiger partial charge in [0.1, 0.15) is 17.5 Å². The molecule has 0 bridgehead atoms. The van der Waals surface area contributed by atoms with Crippen LogP contribution in [-0.4, -0.2) is 15.0 Å². The lowest BCUT2D eigenvalue weighted by molar-refractivity contribution is 0.782. The molecule has 1 aromatic rings. The highest BCUT2D eigenvalue weighted by atomic mass is 15.0. The lowest BCUT2D eigenvalue weighted by atomic mass is 10.4. The highest BCUT2D eigenvalue weighted by Gasteiger charge is 2.27. The Kier molecular flexibility index (Phi) is 1.77. The molecule has 1 saturated carbocycles. The lowest BCUT2D eigenvalue weighted by Crippen LogP contribution is -2.08. The van der Waals surface area contributed by atoms with Crippen molar-refractivity contribution in [2.24, 2.45) is 5.73 Å². The fourth-order valence-corrected chi connectivity index (χ4v) is 1.18. The fourth-order valence-electron chi connectivity index (χ4n) is 1.18. The van der Waals surface area contributed by atoms with Crippen LogP contribution in [0.5, 0.6) is 0 Å². The van der Waals surface area contributed by atoms with Gasteiger partial charge in [-0.15, -0.1) is 0 Å². The van der Waals surface area contributed by atoms with Crippen LogP contribution in [0.1, 0.15) is 36.2 Å². The SMILES string of the molecule is Cc1nc(CN)nc(C2CC2)n1. The Bertz CT molecular complexity index is 293. The largest absolute Gasteiger partial charge is 0.324 e. The molecule has 0 atom stereocenters. The number of hydrogen-bond donors (Lipinski definition) is 1. The summed E-state index contributed by atoms with van der Waals surface area (Å²) in [5, 5.41) is 0. The first-order valence-electron chi connectivity index (χ1n) is 4.21. The lowest BCUT2D eigenvalue weighted by Gasteiger charge is -2.00. The number of aromatic nitrogens is 3. The predicted molar refractivity (Wildman–Crippen MR) is 44.4 cm³/mol. The van der Waals surface area contributed by atoms with E-state index in [4.69, 9.17) is 5.73 Å². The summed E-state index contributed by atoms with van der Waals surface area (Å²) in [4.78, 5) is 12.6. The van der Waals surface area contributed by atoms with Crippen molar-refractivity contribution < 1.29 is 0 Å². The monoisotopic (exact) mass is 164 g/mol. The van der Waals surface area contributed by atoms with Crippen molar-refractivity contribution in [2.45, 2.75) is 32.2 Å². The Morgan fingerprint density at radius 2 is 2.08 bits per heavy atom. The molecule has 0 aliphatic heterocycles. The zero-order valence-electron chi connectivity index (χ0n) is 7.12. The first-order valence-corrected chi connectivity index (χ1v) is 4.21. The molecule has 2 rings (SSSR count). The van der Waals surface area contributed by atoms with E-state index in [0.717, 1.165) is 11.6 Å². The van der Waals surface area contributed by atoms with Gasteiger partial charge in [-0.05, 0) is 19.8 Å². The summed E-state index contributed by atoms with van der Waals surface area (Å²) in [5.41, 5.74) is 5.46. The number of rotatable bonds is 2. The van der Waals surface area contributed by atoms with Crippen LogP contribution < -0.4 is 5.73 Å². The van der Waals surface area contributed by atoms with E-state index in [1.807, 2.05) is 6.92 Å². The second kappa shape index (κ2) is 2.79. The summed E-state index contributed by atoms with van der Waals surface area (Å²) in [5.74, 6) is 3.01. The maximum Gasteiger partial charge on any atom is 0.146 e. The minimum absolute atomic E-state index is 0.406. The fraction of sp³-hybridized carbons (Fsp3) is 0.625. The average molecular weight is 164 g/mol. The molecule has 1 aliphatic rings. The standard InChI is InChI=1S/C8H12N4/c1-5-10-7(4-9)12-8(11-5)6-2-3-6/h6H,2-4,9H2,1H3. The first kappa shape index (κ1) is 7.61. The molecule has 2 N–H and O–H groups in total. The molecule has 0 radical (unpaired) electrons. The summed E-state index contributed by atoms with van der Waals surface area (Å²) in [7, 11) is 0. The van der Waals surface area contributed by atoms with E-state index in [9.17, 15) is 0 Å². The van der Waals surface area contributed by atoms with E-state index >= 15 is 0 Å². The van der Waals surface area contributed by atoms with Gasteiger partial charge < -0.3 is 5.73 Å². The molecule has 4 heteroatoms. The van der Waals surface area contributed by atoms with Gasteiger partial charge in [-0.3, -0.25) is 0 Å². The van der Waals surface area contributed by atoms with Crippen LogP contribution in [0.3, 0.4) is 0 Å². The highest BCUT2D eigenvalue weighted by Crippen LogP contribution is 2.37. The van der Waals surface area contributed by atoms with Crippen LogP contribution in [0.25, 0.3) is 0 Å². The Balaban J connectivity index is 2.34. The minimum Gasteiger partial charge on any atom is -0.324 e. The molecule has 1 fully saturated rings. The molecule has 0 saturated heterocycles. The first-order chi connectivity index (χ1) is 5.79. The second-order valence-corrected chi connectivity index (χ2v) is 3.14. The minimum atomic E-state index is 0.406. The number of nitrogens with zero attached hydrogens (tertiary/aromatic N) is 3. The third-order valence-corrected chi connectivity index (χ3v) is 1.94. The topological polar surface area (TPSA) is 64.7 Å². The van der Waals surface area contributed by atoms with Gasteiger partial charge in [0.25, 0.3) is 0 Å². The average Bonchev–Trinajstić information content (AvgIpc) is 2.85. The molecule has 12 heavy (non-hydrogen) atoms. The van der Waals surface area contributed by atoms with Crippen LogP contribution in [0.15, 0.2) is 0 Å². The van der Waals surface area contributed by atoms with Crippen LogP contribution >= 0.6 is 0 Å². The van der Waals surface area contributed by atoms with Gasteiger partial charge in [0.2, 0.25) is 0 Å². The molecule has 1 aromatic heterocycles. The zero-order chi connectivity index (χ0) is 8.55. The Morgan fingerprint density at radius 3 is 2.67 bits per heavy atom. The van der Waals surface area contributed by atoms with E-state index in [-0.39, 0.29) is 0 Å². The van der Waals surface area contributed by atoms with Gasteiger partial charge in [-0.25, -0.2) is 15.0 Å². The maximum absolute atomic E-state index is 5.46. The van der Waals surface area contributed by atoms with Crippen molar-refractivity contribution in [3.63, 3.8) is 0 Å². The molecule has 1 heterocycles. The zero-order valence-corrected chi connectivity index (χ0v) is 7.12. The normalized spacial score (nSPS) is 16.5. The van der Waals surface area contributed by atoms with Gasteiger partial charge in [0.15, 0.2) is 0 Å². The quantitative estimate of drug-likeness (QED) is 0.692. The molecular formula is C8H12N4. The van der Waals surface area contributed by atoms with Gasteiger partial charge in [0, 0.05) is 5.92 Å². The summed E-state index contributed by atoms with van der Waals surface area (Å²) in [6.45, 7) is 2.29. The molecule has 0 unspecified atom stereocenters. The van der Waals surface area contributed by atoms with E-state index in [2.05, 4.69) is 15.0 Å². The Morgan fingerprint density at radius 1 is 1.33 bits per heavy atom.